The van der Waals surface area contributed by atoms with Crippen molar-refractivity contribution in [3.63, 3.8) is 0 Å². The van der Waals surface area contributed by atoms with E-state index in [1.54, 1.807) is 30.8 Å². The lowest BCUT2D eigenvalue weighted by Gasteiger charge is -2.10. The minimum absolute atomic E-state index is 0.0877. The van der Waals surface area contributed by atoms with Gasteiger partial charge in [-0.25, -0.2) is 4.99 Å². The summed E-state index contributed by atoms with van der Waals surface area (Å²) in [5.41, 5.74) is 8.49. The van der Waals surface area contributed by atoms with Crippen LogP contribution >= 0.6 is 27.3 Å². The molecule has 0 unspecified atom stereocenters. The maximum Gasteiger partial charge on any atom is 0.259 e. The molecule has 150 valence electrons. The summed E-state index contributed by atoms with van der Waals surface area (Å²) >= 11 is 5.04. The van der Waals surface area contributed by atoms with E-state index in [1.807, 2.05) is 41.8 Å². The summed E-state index contributed by atoms with van der Waals surface area (Å²) in [4.78, 5) is 21.9. The Morgan fingerprint density at radius 2 is 2.17 bits per heavy atom. The van der Waals surface area contributed by atoms with Crippen molar-refractivity contribution in [2.45, 2.75) is 19.4 Å². The van der Waals surface area contributed by atoms with Gasteiger partial charge in [-0.15, -0.1) is 11.3 Å². The van der Waals surface area contributed by atoms with Crippen LogP contribution in [-0.4, -0.2) is 24.0 Å². The lowest BCUT2D eigenvalue weighted by atomic mass is 10.1. The van der Waals surface area contributed by atoms with Crippen molar-refractivity contribution in [1.29, 1.82) is 0 Å². The summed E-state index contributed by atoms with van der Waals surface area (Å²) in [6.45, 7) is 0.360. The molecule has 0 spiro atoms. The van der Waals surface area contributed by atoms with Crippen molar-refractivity contribution in [1.82, 2.24) is 10.3 Å². The molecular formula is C21H21BrN4O2S. The summed E-state index contributed by atoms with van der Waals surface area (Å²) in [6, 6.07) is 11.5. The molecule has 6 nitrogen and oxygen atoms in total. The predicted octanol–water partition coefficient (Wildman–Crippen LogP) is 3.94. The molecule has 29 heavy (non-hydrogen) atoms. The number of carbonyl (C=O) groups is 1. The second-order valence-electron chi connectivity index (χ2n) is 6.23. The fourth-order valence-corrected chi connectivity index (χ4v) is 4.10. The summed E-state index contributed by atoms with van der Waals surface area (Å²) in [5.74, 6) is 0.669. The molecule has 2 heterocycles. The standard InChI is InChI=1S/C21H21BrN4O2S/c1-28-18-6-5-16(22)11-15(18)4-7-19-17(8-10-29-19)20(27)26-21(23)25-13-14-3-2-9-24-12-14/h2-3,5-6,8-12H,4,7,13H2,1H3,(H3,23,25,26,27). The molecule has 1 aromatic carbocycles. The van der Waals surface area contributed by atoms with Crippen LogP contribution in [0.2, 0.25) is 0 Å². The van der Waals surface area contributed by atoms with E-state index in [4.69, 9.17) is 10.5 Å². The van der Waals surface area contributed by atoms with Crippen LogP contribution in [0.4, 0.5) is 0 Å². The van der Waals surface area contributed by atoms with Gasteiger partial charge >= 0.3 is 0 Å². The number of nitrogens with zero attached hydrogens (tertiary/aromatic N) is 2. The van der Waals surface area contributed by atoms with Gasteiger partial charge in [0.1, 0.15) is 5.75 Å². The van der Waals surface area contributed by atoms with Crippen LogP contribution < -0.4 is 15.8 Å². The largest absolute Gasteiger partial charge is 0.496 e. The number of aryl methyl sites for hydroxylation is 2. The number of hydrogen-bond acceptors (Lipinski definition) is 5. The van der Waals surface area contributed by atoms with E-state index in [9.17, 15) is 4.79 Å². The molecular weight excluding hydrogens is 452 g/mol. The van der Waals surface area contributed by atoms with E-state index < -0.39 is 0 Å². The van der Waals surface area contributed by atoms with Gasteiger partial charge in [0.25, 0.3) is 5.91 Å². The number of thiophene rings is 1. The number of carbonyl (C=O) groups excluding carboxylic acids is 1. The van der Waals surface area contributed by atoms with E-state index in [2.05, 4.69) is 31.2 Å². The Hall–Kier alpha value is -2.71. The van der Waals surface area contributed by atoms with Gasteiger partial charge < -0.3 is 10.5 Å². The zero-order chi connectivity index (χ0) is 20.6. The van der Waals surface area contributed by atoms with Gasteiger partial charge in [0, 0.05) is 21.7 Å². The van der Waals surface area contributed by atoms with Crippen molar-refractivity contribution < 1.29 is 9.53 Å². The molecule has 0 saturated carbocycles. The molecule has 0 saturated heterocycles. The molecule has 3 N–H and O–H groups in total. The minimum Gasteiger partial charge on any atom is -0.496 e. The van der Waals surface area contributed by atoms with Gasteiger partial charge in [-0.3, -0.25) is 15.1 Å². The van der Waals surface area contributed by atoms with Gasteiger partial charge in [-0.2, -0.15) is 0 Å². The van der Waals surface area contributed by atoms with Crippen molar-refractivity contribution in [3.05, 3.63) is 80.2 Å². The normalized spacial score (nSPS) is 11.3. The molecule has 0 bridgehead atoms. The van der Waals surface area contributed by atoms with Crippen molar-refractivity contribution >= 4 is 39.1 Å². The zero-order valence-electron chi connectivity index (χ0n) is 15.9. The number of amides is 1. The quantitative estimate of drug-likeness (QED) is 0.402. The molecule has 0 aliphatic carbocycles. The fourth-order valence-electron chi connectivity index (χ4n) is 2.82. The smallest absolute Gasteiger partial charge is 0.259 e. The molecule has 2 aromatic heterocycles. The zero-order valence-corrected chi connectivity index (χ0v) is 18.3. The van der Waals surface area contributed by atoms with Crippen molar-refractivity contribution in [3.8, 4) is 5.75 Å². The van der Waals surface area contributed by atoms with Crippen LogP contribution in [0.1, 0.15) is 26.4 Å². The van der Waals surface area contributed by atoms with E-state index in [0.29, 0.717) is 12.1 Å². The van der Waals surface area contributed by atoms with Crippen molar-refractivity contribution in [2.75, 3.05) is 7.11 Å². The van der Waals surface area contributed by atoms with Gasteiger partial charge in [0.05, 0.1) is 19.2 Å². The highest BCUT2D eigenvalue weighted by Crippen LogP contribution is 2.26. The third kappa shape index (κ3) is 5.88. The second-order valence-corrected chi connectivity index (χ2v) is 8.15. The van der Waals surface area contributed by atoms with Crippen LogP contribution in [-0.2, 0) is 19.4 Å². The Morgan fingerprint density at radius 1 is 1.31 bits per heavy atom. The van der Waals surface area contributed by atoms with Crippen LogP contribution in [0.25, 0.3) is 0 Å². The van der Waals surface area contributed by atoms with Gasteiger partial charge in [-0.05, 0) is 59.7 Å². The molecule has 8 heteroatoms. The van der Waals surface area contributed by atoms with E-state index >= 15 is 0 Å². The third-order valence-electron chi connectivity index (χ3n) is 4.25. The SMILES string of the molecule is COc1ccc(Br)cc1CCc1sccc1C(=O)NC(N)=NCc1cccnc1. The number of aliphatic imine (C=N–C) groups is 1. The number of rotatable bonds is 7. The molecule has 0 aliphatic heterocycles. The Morgan fingerprint density at radius 3 is 2.93 bits per heavy atom. The number of halogens is 1. The van der Waals surface area contributed by atoms with Crippen molar-refractivity contribution in [2.24, 2.45) is 10.7 Å². The Labute approximate surface area is 182 Å². The van der Waals surface area contributed by atoms with E-state index in [0.717, 1.165) is 39.1 Å². The van der Waals surface area contributed by atoms with Gasteiger partial charge in [0.15, 0.2) is 5.96 Å². The van der Waals surface area contributed by atoms with Gasteiger partial charge in [0.2, 0.25) is 0 Å². The summed E-state index contributed by atoms with van der Waals surface area (Å²) in [6.07, 6.45) is 4.89. The third-order valence-corrected chi connectivity index (χ3v) is 5.72. The molecule has 3 rings (SSSR count). The average Bonchev–Trinajstić information content (AvgIpc) is 3.20. The predicted molar refractivity (Wildman–Crippen MR) is 119 cm³/mol. The first-order chi connectivity index (χ1) is 14.1. The number of ether oxygens (including phenoxy) is 1. The number of nitrogens with two attached hydrogens (primary N) is 1. The lowest BCUT2D eigenvalue weighted by Crippen LogP contribution is -2.37. The first kappa shape index (κ1) is 21.0. The number of pyridine rings is 1. The lowest BCUT2D eigenvalue weighted by molar-refractivity contribution is 0.0976. The number of aromatic nitrogens is 1. The van der Waals surface area contributed by atoms with E-state index in [-0.39, 0.29) is 11.9 Å². The van der Waals surface area contributed by atoms with Crippen LogP contribution in [0.3, 0.4) is 0 Å². The molecule has 1 amide bonds. The summed E-state index contributed by atoms with van der Waals surface area (Å²) in [5, 5.41) is 4.57. The summed E-state index contributed by atoms with van der Waals surface area (Å²) in [7, 11) is 1.66. The van der Waals surface area contributed by atoms with Crippen LogP contribution in [0.15, 0.2) is 63.6 Å². The Bertz CT molecular complexity index is 1000. The average molecular weight is 473 g/mol. The molecule has 0 aliphatic rings. The highest BCUT2D eigenvalue weighted by molar-refractivity contribution is 9.10. The number of guanidine groups is 1. The maximum atomic E-state index is 12.6. The molecule has 0 atom stereocenters. The Kier molecular flexibility index (Phi) is 7.37. The highest BCUT2D eigenvalue weighted by atomic mass is 79.9. The first-order valence-electron chi connectivity index (χ1n) is 8.95. The monoisotopic (exact) mass is 472 g/mol. The number of hydrogen-bond donors (Lipinski definition) is 2. The van der Waals surface area contributed by atoms with Gasteiger partial charge in [-0.1, -0.05) is 22.0 Å². The Balaban J connectivity index is 1.63. The molecule has 3 aromatic rings. The van der Waals surface area contributed by atoms with Crippen LogP contribution in [0, 0.1) is 0 Å². The minimum atomic E-state index is -0.255. The summed E-state index contributed by atoms with van der Waals surface area (Å²) < 4.78 is 6.43. The topological polar surface area (TPSA) is 89.6 Å². The molecule has 0 radical (unpaired) electrons. The number of nitrogens with one attached hydrogen (secondary N) is 1. The number of benzene rings is 1. The number of methoxy groups -OCH3 is 1. The fraction of sp³-hybridized carbons (Fsp3) is 0.190. The second kappa shape index (κ2) is 10.2. The maximum absolute atomic E-state index is 12.6. The first-order valence-corrected chi connectivity index (χ1v) is 10.6. The van der Waals surface area contributed by atoms with Crippen LogP contribution in [0.5, 0.6) is 5.75 Å². The molecule has 0 fully saturated rings. The van der Waals surface area contributed by atoms with E-state index in [1.165, 1.54) is 0 Å². The highest BCUT2D eigenvalue weighted by Gasteiger charge is 2.15.